The zero-order valence-electron chi connectivity index (χ0n) is 12.2. The predicted octanol–water partition coefficient (Wildman–Crippen LogP) is 2.39. The van der Waals surface area contributed by atoms with Gasteiger partial charge >= 0.3 is 11.9 Å². The fraction of sp³-hybridized carbons (Fsp3) is 0.308. The lowest BCUT2D eigenvalue weighted by Crippen LogP contribution is -2.27. The molecule has 2 N–H and O–H groups in total. The maximum Gasteiger partial charge on any atom is 0.340 e. The number of methoxy groups -OCH3 is 2. The minimum absolute atomic E-state index is 0.149. The highest BCUT2D eigenvalue weighted by Crippen LogP contribution is 2.36. The van der Waals surface area contributed by atoms with Gasteiger partial charge in [-0.25, -0.2) is 9.59 Å². The molecular weight excluding hydrogens is 647 g/mol. The topological polar surface area (TPSA) is 102 Å². The lowest BCUT2D eigenvalue weighted by molar-refractivity contribution is -0.123. The molecule has 23 heavy (non-hydrogen) atoms. The van der Waals surface area contributed by atoms with Crippen LogP contribution in [0, 0.1) is 10.7 Å². The van der Waals surface area contributed by atoms with Crippen LogP contribution in [0.2, 0.25) is 0 Å². The first-order valence-electron chi connectivity index (χ1n) is 6.03. The molecule has 1 aromatic rings. The number of esters is 2. The van der Waals surface area contributed by atoms with Crippen molar-refractivity contribution in [3.63, 3.8) is 0 Å². The van der Waals surface area contributed by atoms with Crippen molar-refractivity contribution < 1.29 is 29.0 Å². The van der Waals surface area contributed by atoms with E-state index in [4.69, 9.17) is 9.47 Å². The number of carbonyl (C=O) groups is 3. The Morgan fingerprint density at radius 3 is 1.65 bits per heavy atom. The molecule has 0 saturated carbocycles. The minimum Gasteiger partial charge on any atom is -0.465 e. The number of aliphatic hydroxyl groups excluding tert-OH is 1. The molecule has 0 radical (unpaired) electrons. The van der Waals surface area contributed by atoms with E-state index in [1.54, 1.807) is 0 Å². The van der Waals surface area contributed by atoms with Crippen molar-refractivity contribution in [2.75, 3.05) is 19.5 Å². The molecule has 1 rings (SSSR count). The summed E-state index contributed by atoms with van der Waals surface area (Å²) in [5.41, 5.74) is 0.545. The molecule has 0 aliphatic rings. The summed E-state index contributed by atoms with van der Waals surface area (Å²) in [6, 6.07) is 0. The molecule has 1 atom stereocenters. The molecule has 0 aromatic heterocycles. The number of hydrogen-bond donors (Lipinski definition) is 2. The first-order valence-corrected chi connectivity index (χ1v) is 9.26. The summed E-state index contributed by atoms with van der Waals surface area (Å²) in [7, 11) is 2.44. The number of ether oxygens (including phenoxy) is 2. The number of benzene rings is 1. The zero-order chi connectivity index (χ0) is 17.9. The number of nitrogens with one attached hydrogen (secondary N) is 1. The number of amides is 1. The lowest BCUT2D eigenvalue weighted by atomic mass is 10.1. The fourth-order valence-corrected chi connectivity index (χ4v) is 5.88. The van der Waals surface area contributed by atoms with Gasteiger partial charge in [0, 0.05) is 3.57 Å². The first-order chi connectivity index (χ1) is 10.7. The third-order valence-corrected chi connectivity index (χ3v) is 5.96. The van der Waals surface area contributed by atoms with Crippen molar-refractivity contribution in [2.24, 2.45) is 0 Å². The maximum absolute atomic E-state index is 12.1. The minimum atomic E-state index is -1.25. The van der Waals surface area contributed by atoms with Crippen LogP contribution >= 0.6 is 67.8 Å². The van der Waals surface area contributed by atoms with Crippen LogP contribution in [-0.4, -0.2) is 43.3 Å². The van der Waals surface area contributed by atoms with Crippen LogP contribution in [0.5, 0.6) is 0 Å². The average Bonchev–Trinajstić information content (AvgIpc) is 2.50. The number of halogens is 3. The quantitative estimate of drug-likeness (QED) is 0.381. The van der Waals surface area contributed by atoms with Gasteiger partial charge in [-0.2, -0.15) is 0 Å². The monoisotopic (exact) mass is 659 g/mol. The van der Waals surface area contributed by atoms with Crippen molar-refractivity contribution in [3.05, 3.63) is 21.8 Å². The van der Waals surface area contributed by atoms with Crippen molar-refractivity contribution in [2.45, 2.75) is 13.0 Å². The van der Waals surface area contributed by atoms with Crippen molar-refractivity contribution in [3.8, 4) is 0 Å². The fourth-order valence-electron chi connectivity index (χ4n) is 1.56. The number of anilines is 1. The maximum atomic E-state index is 12.1. The Bertz CT molecular complexity index is 631. The van der Waals surface area contributed by atoms with Gasteiger partial charge in [-0.15, -0.1) is 0 Å². The second kappa shape index (κ2) is 8.75. The largest absolute Gasteiger partial charge is 0.465 e. The molecule has 126 valence electrons. The van der Waals surface area contributed by atoms with Crippen molar-refractivity contribution in [1.29, 1.82) is 0 Å². The Kier molecular flexibility index (Phi) is 7.92. The molecule has 0 unspecified atom stereocenters. The van der Waals surface area contributed by atoms with E-state index >= 15 is 0 Å². The summed E-state index contributed by atoms with van der Waals surface area (Å²) in [6.07, 6.45) is -1.25. The third kappa shape index (κ3) is 4.45. The molecule has 0 aliphatic carbocycles. The van der Waals surface area contributed by atoms with Gasteiger partial charge in [-0.3, -0.25) is 4.79 Å². The number of hydrogen-bond acceptors (Lipinski definition) is 6. The highest BCUT2D eigenvalue weighted by molar-refractivity contribution is 14.1. The Morgan fingerprint density at radius 2 is 1.35 bits per heavy atom. The third-order valence-electron chi connectivity index (χ3n) is 2.72. The molecule has 0 fully saturated rings. The molecule has 0 spiro atoms. The summed E-state index contributed by atoms with van der Waals surface area (Å²) >= 11 is 5.62. The van der Waals surface area contributed by atoms with Crippen LogP contribution in [0.4, 0.5) is 5.69 Å². The van der Waals surface area contributed by atoms with E-state index in [2.05, 4.69) is 5.32 Å². The second-order valence-corrected chi connectivity index (χ2v) is 7.45. The molecular formula is C13H12I3NO6. The number of aliphatic hydroxyl groups is 1. The van der Waals surface area contributed by atoms with Gasteiger partial charge in [0.1, 0.15) is 6.10 Å². The lowest BCUT2D eigenvalue weighted by Gasteiger charge is -2.18. The van der Waals surface area contributed by atoms with Gasteiger partial charge in [0.15, 0.2) is 0 Å². The summed E-state index contributed by atoms with van der Waals surface area (Å²) in [4.78, 5) is 35.9. The number of rotatable bonds is 4. The summed E-state index contributed by atoms with van der Waals surface area (Å²) in [6.45, 7) is 1.31. The van der Waals surface area contributed by atoms with E-state index in [0.29, 0.717) is 10.7 Å². The van der Waals surface area contributed by atoms with E-state index in [-0.39, 0.29) is 16.8 Å². The van der Waals surface area contributed by atoms with E-state index in [1.807, 2.05) is 67.8 Å². The van der Waals surface area contributed by atoms with Gasteiger partial charge in [-0.05, 0) is 74.7 Å². The highest BCUT2D eigenvalue weighted by Gasteiger charge is 2.29. The van der Waals surface area contributed by atoms with Crippen LogP contribution in [0.25, 0.3) is 0 Å². The molecule has 10 heteroatoms. The van der Waals surface area contributed by atoms with Gasteiger partial charge in [0.2, 0.25) is 0 Å². The molecule has 7 nitrogen and oxygen atoms in total. The Morgan fingerprint density at radius 1 is 0.957 bits per heavy atom. The standard InChI is InChI=1S/C13H12I3NO6/c1-4(18)11(19)17-10-8(15)5(12(20)22-2)7(14)6(9(10)16)13(21)23-3/h4,18H,1-3H3,(H,17,19)/t4-/m0/s1. The van der Waals surface area contributed by atoms with Crippen LogP contribution < -0.4 is 5.32 Å². The zero-order valence-corrected chi connectivity index (χ0v) is 18.7. The van der Waals surface area contributed by atoms with E-state index in [0.717, 1.165) is 0 Å². The van der Waals surface area contributed by atoms with Gasteiger partial charge < -0.3 is 19.9 Å². The van der Waals surface area contributed by atoms with Crippen molar-refractivity contribution >= 4 is 91.3 Å². The Labute approximate surface area is 173 Å². The van der Waals surface area contributed by atoms with Gasteiger partial charge in [0.05, 0.1) is 38.2 Å². The Hall–Kier alpha value is -0.220. The molecule has 0 saturated heterocycles. The van der Waals surface area contributed by atoms with E-state index < -0.39 is 23.9 Å². The average molecular weight is 659 g/mol. The first kappa shape index (κ1) is 20.8. The molecule has 0 heterocycles. The SMILES string of the molecule is COC(=O)c1c(I)c(NC(=O)[C@H](C)O)c(I)c(C(=O)OC)c1I. The molecule has 1 amide bonds. The summed E-state index contributed by atoms with van der Waals surface area (Å²) in [5, 5.41) is 11.9. The van der Waals surface area contributed by atoms with E-state index in [1.165, 1.54) is 21.1 Å². The highest BCUT2D eigenvalue weighted by atomic mass is 127. The molecule has 0 aliphatic heterocycles. The number of carbonyl (C=O) groups excluding carboxylic acids is 3. The second-order valence-electron chi connectivity index (χ2n) is 4.22. The predicted molar refractivity (Wildman–Crippen MR) is 108 cm³/mol. The molecule has 0 bridgehead atoms. The smallest absolute Gasteiger partial charge is 0.340 e. The van der Waals surface area contributed by atoms with Crippen LogP contribution in [0.15, 0.2) is 0 Å². The van der Waals surface area contributed by atoms with Crippen LogP contribution in [0.3, 0.4) is 0 Å². The van der Waals surface area contributed by atoms with Crippen LogP contribution in [0.1, 0.15) is 27.6 Å². The van der Waals surface area contributed by atoms with E-state index in [9.17, 15) is 19.5 Å². The van der Waals surface area contributed by atoms with Crippen molar-refractivity contribution in [1.82, 2.24) is 0 Å². The normalized spacial score (nSPS) is 11.6. The molecule has 1 aromatic carbocycles. The van der Waals surface area contributed by atoms with Gasteiger partial charge in [0.25, 0.3) is 5.91 Å². The van der Waals surface area contributed by atoms with Crippen LogP contribution in [-0.2, 0) is 14.3 Å². The summed E-state index contributed by atoms with van der Waals surface area (Å²) < 4.78 is 10.7. The van der Waals surface area contributed by atoms with Gasteiger partial charge in [-0.1, -0.05) is 0 Å². The summed E-state index contributed by atoms with van der Waals surface area (Å²) in [5.74, 6) is -1.95. The Balaban J connectivity index is 3.71.